The number of carbonyl (C=O) groups excluding carboxylic acids is 1. The van der Waals surface area contributed by atoms with E-state index in [9.17, 15) is 28.2 Å². The van der Waals surface area contributed by atoms with Crippen LogP contribution in [0.4, 0.5) is 30.1 Å². The Bertz CT molecular complexity index is 1360. The fraction of sp³-hybridized carbons (Fsp3) is 0.522. The summed E-state index contributed by atoms with van der Waals surface area (Å²) in [4.78, 5) is 33.6. The van der Waals surface area contributed by atoms with E-state index in [4.69, 9.17) is 0 Å². The molecule has 5 heterocycles. The molecule has 3 aromatic rings. The largest absolute Gasteiger partial charge is 0.427 e. The summed E-state index contributed by atoms with van der Waals surface area (Å²) >= 11 is 0.307. The molecule has 12 nitrogen and oxygen atoms in total. The summed E-state index contributed by atoms with van der Waals surface area (Å²) in [5, 5.41) is 23.1. The fourth-order valence-corrected chi connectivity index (χ4v) is 5.67. The van der Waals surface area contributed by atoms with Gasteiger partial charge in [0.2, 0.25) is 11.9 Å². The molecule has 1 amide bonds. The van der Waals surface area contributed by atoms with Crippen LogP contribution in [-0.4, -0.2) is 78.6 Å². The maximum atomic E-state index is 13.9. The standard InChI is InChI=1S/C23H28F3N9O3S/c1-11-6-5-7-34(11)20-27-8-13(9-28-20)14-16(23(24,25)26)39-21(30-14)31-18(36)12(2)35-10-29-17-15(35)19(37)33(4)22(38)32(17)3/h8-12,19,22,37-38H,5-7H2,1-4H3,(H,30,31,36)/t11-,12-,19-,22-/m0/s1. The number of fused-ring (bicyclic) bond motifs is 1. The highest BCUT2D eigenvalue weighted by Crippen LogP contribution is 2.43. The van der Waals surface area contributed by atoms with Crippen LogP contribution in [0.25, 0.3) is 11.3 Å². The van der Waals surface area contributed by atoms with Gasteiger partial charge in [-0.3, -0.25) is 4.79 Å². The van der Waals surface area contributed by atoms with Crippen LogP contribution >= 0.6 is 11.3 Å². The molecule has 210 valence electrons. The number of nitrogens with zero attached hydrogens (tertiary/aromatic N) is 8. The zero-order valence-electron chi connectivity index (χ0n) is 21.6. The third-order valence-corrected chi connectivity index (χ3v) is 8.14. The number of rotatable bonds is 5. The minimum Gasteiger partial charge on any atom is -0.372 e. The number of hydrogen-bond acceptors (Lipinski definition) is 11. The molecule has 0 spiro atoms. The second kappa shape index (κ2) is 10.0. The first-order valence-electron chi connectivity index (χ1n) is 12.2. The molecule has 3 N–H and O–H groups in total. The van der Waals surface area contributed by atoms with E-state index in [1.165, 1.54) is 47.1 Å². The van der Waals surface area contributed by atoms with Gasteiger partial charge in [-0.05, 0) is 33.7 Å². The number of aliphatic hydroxyl groups excluding tert-OH is 2. The molecule has 0 saturated carbocycles. The number of anilines is 3. The van der Waals surface area contributed by atoms with Crippen molar-refractivity contribution in [3.63, 3.8) is 0 Å². The monoisotopic (exact) mass is 567 g/mol. The molecule has 2 aliphatic rings. The zero-order valence-corrected chi connectivity index (χ0v) is 22.4. The summed E-state index contributed by atoms with van der Waals surface area (Å²) < 4.78 is 43.2. The Morgan fingerprint density at radius 2 is 1.90 bits per heavy atom. The van der Waals surface area contributed by atoms with Gasteiger partial charge in [-0.15, -0.1) is 0 Å². The maximum absolute atomic E-state index is 13.9. The Labute approximate surface area is 225 Å². The average Bonchev–Trinajstić information content (AvgIpc) is 3.64. The fourth-order valence-electron chi connectivity index (χ4n) is 4.81. The summed E-state index contributed by atoms with van der Waals surface area (Å²) in [6.07, 6.45) is -1.17. The molecule has 0 bridgehead atoms. The molecule has 39 heavy (non-hydrogen) atoms. The molecule has 0 aliphatic carbocycles. The zero-order chi connectivity index (χ0) is 28.2. The summed E-state index contributed by atoms with van der Waals surface area (Å²) in [5.74, 6) is 0.0578. The van der Waals surface area contributed by atoms with Crippen LogP contribution in [0.2, 0.25) is 0 Å². The Kier molecular flexibility index (Phi) is 6.98. The van der Waals surface area contributed by atoms with Gasteiger partial charge in [0.1, 0.15) is 16.6 Å². The van der Waals surface area contributed by atoms with E-state index in [1.807, 2.05) is 11.8 Å². The van der Waals surface area contributed by atoms with Crippen LogP contribution in [-0.2, 0) is 11.0 Å². The van der Waals surface area contributed by atoms with Gasteiger partial charge >= 0.3 is 6.18 Å². The van der Waals surface area contributed by atoms with Crippen LogP contribution in [0, 0.1) is 0 Å². The number of nitrogens with one attached hydrogen (secondary N) is 1. The van der Waals surface area contributed by atoms with Gasteiger partial charge in [-0.2, -0.15) is 13.2 Å². The number of hydrogen-bond donors (Lipinski definition) is 3. The van der Waals surface area contributed by atoms with E-state index in [2.05, 4.69) is 25.3 Å². The predicted molar refractivity (Wildman–Crippen MR) is 137 cm³/mol. The molecule has 16 heteroatoms. The molecule has 5 rings (SSSR count). The first-order chi connectivity index (χ1) is 18.4. The summed E-state index contributed by atoms with van der Waals surface area (Å²) in [6.45, 7) is 4.34. The number of aromatic nitrogens is 5. The first-order valence-corrected chi connectivity index (χ1v) is 13.1. The van der Waals surface area contributed by atoms with E-state index in [0.717, 1.165) is 19.4 Å². The molecule has 0 radical (unpaired) electrons. The molecule has 0 aromatic carbocycles. The minimum absolute atomic E-state index is 0.0826. The van der Waals surface area contributed by atoms with Crippen molar-refractivity contribution in [2.45, 2.75) is 57.5 Å². The molecule has 0 unspecified atom stereocenters. The highest BCUT2D eigenvalue weighted by atomic mass is 32.1. The van der Waals surface area contributed by atoms with E-state index in [1.54, 1.807) is 7.05 Å². The SMILES string of the molecule is C[C@H]1CCCN1c1ncc(-c2nc(NC(=O)[C@H](C)n3cnc4c3[C@H](O)N(C)[C@@H](O)N4C)sc2C(F)(F)F)cn1. The van der Waals surface area contributed by atoms with Crippen molar-refractivity contribution in [1.82, 2.24) is 29.4 Å². The Hall–Kier alpha value is -3.34. The van der Waals surface area contributed by atoms with Crippen molar-refractivity contribution in [3.05, 3.63) is 29.3 Å². The van der Waals surface area contributed by atoms with Crippen molar-refractivity contribution in [2.24, 2.45) is 0 Å². The Balaban J connectivity index is 1.40. The number of alkyl halides is 3. The van der Waals surface area contributed by atoms with Gasteiger partial charge in [0.05, 0.1) is 12.0 Å². The number of thiazole rings is 1. The van der Waals surface area contributed by atoms with E-state index >= 15 is 0 Å². The summed E-state index contributed by atoms with van der Waals surface area (Å²) in [7, 11) is 3.07. The number of imidazole rings is 1. The van der Waals surface area contributed by atoms with Crippen LogP contribution in [0.1, 0.15) is 49.5 Å². The second-order valence-electron chi connectivity index (χ2n) is 9.67. The van der Waals surface area contributed by atoms with E-state index in [0.29, 0.717) is 17.3 Å². The van der Waals surface area contributed by atoms with Gasteiger partial charge in [0.15, 0.2) is 23.5 Å². The number of amides is 1. The van der Waals surface area contributed by atoms with Gasteiger partial charge < -0.3 is 29.9 Å². The van der Waals surface area contributed by atoms with E-state index < -0.39 is 35.6 Å². The smallest absolute Gasteiger partial charge is 0.372 e. The van der Waals surface area contributed by atoms with Crippen molar-refractivity contribution in [1.29, 1.82) is 0 Å². The lowest BCUT2D eigenvalue weighted by atomic mass is 10.2. The Morgan fingerprint density at radius 3 is 2.51 bits per heavy atom. The lowest BCUT2D eigenvalue weighted by Crippen LogP contribution is -2.51. The van der Waals surface area contributed by atoms with Gasteiger partial charge in [0.25, 0.3) is 0 Å². The summed E-state index contributed by atoms with van der Waals surface area (Å²) in [6, 6.07) is -0.725. The molecule has 3 aromatic heterocycles. The van der Waals surface area contributed by atoms with Crippen molar-refractivity contribution in [2.75, 3.05) is 35.8 Å². The van der Waals surface area contributed by atoms with E-state index in [-0.39, 0.29) is 33.9 Å². The molecule has 1 saturated heterocycles. The highest BCUT2D eigenvalue weighted by molar-refractivity contribution is 7.16. The normalized spacial score (nSPS) is 22.7. The predicted octanol–water partition coefficient (Wildman–Crippen LogP) is 2.65. The van der Waals surface area contributed by atoms with Crippen LogP contribution in [0.3, 0.4) is 0 Å². The van der Waals surface area contributed by atoms with Crippen LogP contribution in [0.5, 0.6) is 0 Å². The number of carbonyl (C=O) groups is 1. The third kappa shape index (κ3) is 4.81. The van der Waals surface area contributed by atoms with Crippen LogP contribution < -0.4 is 15.1 Å². The van der Waals surface area contributed by atoms with Crippen molar-refractivity contribution < 1.29 is 28.2 Å². The number of halogens is 3. The summed E-state index contributed by atoms with van der Waals surface area (Å²) in [5.41, 5.74) is -0.0309. The topological polar surface area (TPSA) is 136 Å². The van der Waals surface area contributed by atoms with Crippen molar-refractivity contribution >= 4 is 34.1 Å². The van der Waals surface area contributed by atoms with Gasteiger partial charge in [-0.1, -0.05) is 11.3 Å². The highest BCUT2D eigenvalue weighted by Gasteiger charge is 2.40. The lowest BCUT2D eigenvalue weighted by molar-refractivity contribution is -0.134. The molecule has 4 atom stereocenters. The maximum Gasteiger partial charge on any atom is 0.427 e. The van der Waals surface area contributed by atoms with Crippen LogP contribution in [0.15, 0.2) is 18.7 Å². The Morgan fingerprint density at radius 1 is 1.21 bits per heavy atom. The third-order valence-electron chi connectivity index (χ3n) is 7.12. The second-order valence-corrected chi connectivity index (χ2v) is 10.7. The molecule has 2 aliphatic heterocycles. The molecule has 1 fully saturated rings. The molecular formula is C23H28F3N9O3S. The molecular weight excluding hydrogens is 539 g/mol. The van der Waals surface area contributed by atoms with Crippen molar-refractivity contribution in [3.8, 4) is 11.3 Å². The van der Waals surface area contributed by atoms with Gasteiger partial charge in [0, 0.05) is 37.6 Å². The quantitative estimate of drug-likeness (QED) is 0.422. The number of aliphatic hydroxyl groups is 2. The lowest BCUT2D eigenvalue weighted by Gasteiger charge is -2.40. The minimum atomic E-state index is -4.72. The average molecular weight is 568 g/mol. The first kappa shape index (κ1) is 27.2. The van der Waals surface area contributed by atoms with Gasteiger partial charge in [-0.25, -0.2) is 24.8 Å².